The molecule has 1 heterocycles. The van der Waals surface area contributed by atoms with Crippen LogP contribution in [0.5, 0.6) is 0 Å². The number of rotatable bonds is 0. The summed E-state index contributed by atoms with van der Waals surface area (Å²) in [5.41, 5.74) is -0.701. The third kappa shape index (κ3) is 1.13. The highest BCUT2D eigenvalue weighted by molar-refractivity contribution is 6.06. The van der Waals surface area contributed by atoms with Crippen molar-refractivity contribution in [3.63, 3.8) is 0 Å². The second kappa shape index (κ2) is 2.31. The first kappa shape index (κ1) is 9.23. The average molecular weight is 169 g/mol. The lowest BCUT2D eigenvalue weighted by atomic mass is 9.67. The number of carbonyl (C=O) groups excluding carboxylic acids is 2. The Kier molecular flexibility index (Phi) is 1.78. The quantitative estimate of drug-likeness (QED) is 0.552. The van der Waals surface area contributed by atoms with Crippen molar-refractivity contribution in [2.75, 3.05) is 0 Å². The molecule has 0 bridgehead atoms. The molecule has 1 aliphatic rings. The van der Waals surface area contributed by atoms with Gasteiger partial charge in [0.15, 0.2) is 0 Å². The smallest absolute Gasteiger partial charge is 0.233 e. The Hall–Kier alpha value is -0.860. The molecule has 68 valence electrons. The number of nitrogens with one attached hydrogen (secondary N) is 1. The molecule has 1 atom stereocenters. The molecule has 0 spiro atoms. The van der Waals surface area contributed by atoms with Crippen LogP contribution in [0.3, 0.4) is 0 Å². The molecule has 3 heteroatoms. The molecule has 0 aromatic carbocycles. The van der Waals surface area contributed by atoms with Crippen molar-refractivity contribution in [2.24, 2.45) is 10.8 Å². The minimum atomic E-state index is -0.538. The van der Waals surface area contributed by atoms with E-state index in [4.69, 9.17) is 0 Å². The Morgan fingerprint density at radius 1 is 1.33 bits per heavy atom. The highest BCUT2D eigenvalue weighted by atomic mass is 16.2. The second-order valence-corrected chi connectivity index (χ2v) is 4.64. The monoisotopic (exact) mass is 169 g/mol. The fourth-order valence-electron chi connectivity index (χ4n) is 1.32. The zero-order valence-corrected chi connectivity index (χ0v) is 8.02. The SMILES string of the molecule is CC(C)(C)C1(C)CC(=O)NC1=O. The molecule has 1 unspecified atom stereocenters. The first-order valence-electron chi connectivity index (χ1n) is 4.12. The third-order valence-corrected chi connectivity index (χ3v) is 2.92. The maximum absolute atomic E-state index is 11.4. The van der Waals surface area contributed by atoms with Crippen LogP contribution in [-0.2, 0) is 9.59 Å². The van der Waals surface area contributed by atoms with Crippen LogP contribution in [0.4, 0.5) is 0 Å². The van der Waals surface area contributed by atoms with Gasteiger partial charge in [-0.05, 0) is 12.3 Å². The van der Waals surface area contributed by atoms with Crippen molar-refractivity contribution >= 4 is 11.8 Å². The summed E-state index contributed by atoms with van der Waals surface area (Å²) in [5.74, 6) is -0.294. The van der Waals surface area contributed by atoms with E-state index in [0.717, 1.165) is 0 Å². The fourth-order valence-corrected chi connectivity index (χ4v) is 1.32. The molecule has 0 aromatic rings. The van der Waals surface area contributed by atoms with E-state index in [1.54, 1.807) is 0 Å². The minimum absolute atomic E-state index is 0.139. The number of hydrogen-bond donors (Lipinski definition) is 1. The van der Waals surface area contributed by atoms with Crippen LogP contribution in [0.25, 0.3) is 0 Å². The van der Waals surface area contributed by atoms with Gasteiger partial charge >= 0.3 is 0 Å². The van der Waals surface area contributed by atoms with Crippen LogP contribution in [0.1, 0.15) is 34.1 Å². The molecule has 1 aliphatic heterocycles. The predicted octanol–water partition coefficient (Wildman–Crippen LogP) is 1.09. The van der Waals surface area contributed by atoms with E-state index in [1.807, 2.05) is 27.7 Å². The van der Waals surface area contributed by atoms with Crippen LogP contribution in [0, 0.1) is 10.8 Å². The first-order chi connectivity index (χ1) is 5.27. The molecule has 0 aliphatic carbocycles. The van der Waals surface area contributed by atoms with Crippen molar-refractivity contribution in [2.45, 2.75) is 34.1 Å². The molecule has 12 heavy (non-hydrogen) atoms. The van der Waals surface area contributed by atoms with Gasteiger partial charge in [-0.25, -0.2) is 0 Å². The Bertz CT molecular complexity index is 239. The van der Waals surface area contributed by atoms with Gasteiger partial charge in [-0.2, -0.15) is 0 Å². The first-order valence-corrected chi connectivity index (χ1v) is 4.12. The number of amides is 2. The third-order valence-electron chi connectivity index (χ3n) is 2.92. The van der Waals surface area contributed by atoms with Gasteiger partial charge in [-0.15, -0.1) is 0 Å². The zero-order chi connectivity index (χ0) is 9.57. The summed E-state index contributed by atoms with van der Waals surface area (Å²) in [7, 11) is 0. The molecule has 1 N–H and O–H groups in total. The Balaban J connectivity index is 3.00. The number of hydrogen-bond acceptors (Lipinski definition) is 2. The molecule has 3 nitrogen and oxygen atoms in total. The summed E-state index contributed by atoms with van der Waals surface area (Å²) in [6.45, 7) is 7.77. The van der Waals surface area contributed by atoms with Gasteiger partial charge in [0.1, 0.15) is 0 Å². The van der Waals surface area contributed by atoms with Crippen LogP contribution >= 0.6 is 0 Å². The fraction of sp³-hybridized carbons (Fsp3) is 0.778. The van der Waals surface area contributed by atoms with Gasteiger partial charge in [0.05, 0.1) is 5.41 Å². The van der Waals surface area contributed by atoms with Gasteiger partial charge in [-0.3, -0.25) is 14.9 Å². The topological polar surface area (TPSA) is 46.2 Å². The van der Waals surface area contributed by atoms with E-state index < -0.39 is 5.41 Å². The van der Waals surface area contributed by atoms with Crippen LogP contribution in [0.2, 0.25) is 0 Å². The minimum Gasteiger partial charge on any atom is -0.296 e. The predicted molar refractivity (Wildman–Crippen MR) is 45.3 cm³/mol. The van der Waals surface area contributed by atoms with Gasteiger partial charge in [0.25, 0.3) is 0 Å². The van der Waals surface area contributed by atoms with Crippen molar-refractivity contribution in [3.05, 3.63) is 0 Å². The maximum Gasteiger partial charge on any atom is 0.233 e. The van der Waals surface area contributed by atoms with Crippen molar-refractivity contribution < 1.29 is 9.59 Å². The van der Waals surface area contributed by atoms with Gasteiger partial charge in [0.2, 0.25) is 11.8 Å². The molecule has 1 saturated heterocycles. The lowest BCUT2D eigenvalue weighted by Gasteiger charge is -2.34. The summed E-state index contributed by atoms with van der Waals surface area (Å²) in [5, 5.41) is 2.34. The summed E-state index contributed by atoms with van der Waals surface area (Å²) >= 11 is 0. The Labute approximate surface area is 72.5 Å². The van der Waals surface area contributed by atoms with Crippen molar-refractivity contribution in [1.82, 2.24) is 5.32 Å². The highest BCUT2D eigenvalue weighted by Crippen LogP contribution is 2.43. The summed E-state index contributed by atoms with van der Waals surface area (Å²) in [4.78, 5) is 22.4. The van der Waals surface area contributed by atoms with Crippen molar-refractivity contribution in [1.29, 1.82) is 0 Å². The molecule has 2 amide bonds. The summed E-state index contributed by atoms with van der Waals surface area (Å²) < 4.78 is 0. The largest absolute Gasteiger partial charge is 0.296 e. The number of imide groups is 1. The summed E-state index contributed by atoms with van der Waals surface area (Å²) in [6, 6.07) is 0. The van der Waals surface area contributed by atoms with Gasteiger partial charge < -0.3 is 0 Å². The Morgan fingerprint density at radius 2 is 1.83 bits per heavy atom. The molecule has 0 aromatic heterocycles. The van der Waals surface area contributed by atoms with Crippen LogP contribution < -0.4 is 5.32 Å². The molecule has 1 fully saturated rings. The number of carbonyl (C=O) groups is 2. The molecule has 0 saturated carbocycles. The van der Waals surface area contributed by atoms with E-state index in [1.165, 1.54) is 0 Å². The lowest BCUT2D eigenvalue weighted by molar-refractivity contribution is -0.132. The van der Waals surface area contributed by atoms with E-state index in [0.29, 0.717) is 6.42 Å². The molecule has 0 radical (unpaired) electrons. The van der Waals surface area contributed by atoms with Crippen molar-refractivity contribution in [3.8, 4) is 0 Å². The standard InChI is InChI=1S/C9H15NO2/c1-8(2,3)9(4)5-6(11)10-7(9)12/h5H2,1-4H3,(H,10,11,12). The van der Waals surface area contributed by atoms with Crippen LogP contribution in [0.15, 0.2) is 0 Å². The van der Waals surface area contributed by atoms with Gasteiger partial charge in [0, 0.05) is 6.42 Å². The zero-order valence-electron chi connectivity index (χ0n) is 8.02. The van der Waals surface area contributed by atoms with Crippen LogP contribution in [-0.4, -0.2) is 11.8 Å². The van der Waals surface area contributed by atoms with E-state index in [2.05, 4.69) is 5.32 Å². The average Bonchev–Trinajstić information content (AvgIpc) is 2.06. The summed E-state index contributed by atoms with van der Waals surface area (Å²) in [6.07, 6.45) is 0.315. The second-order valence-electron chi connectivity index (χ2n) is 4.64. The van der Waals surface area contributed by atoms with E-state index in [-0.39, 0.29) is 17.2 Å². The normalized spacial score (nSPS) is 30.7. The van der Waals surface area contributed by atoms with E-state index in [9.17, 15) is 9.59 Å². The molecular formula is C9H15NO2. The molecular weight excluding hydrogens is 154 g/mol. The lowest BCUT2D eigenvalue weighted by Crippen LogP contribution is -2.39. The van der Waals surface area contributed by atoms with E-state index >= 15 is 0 Å². The highest BCUT2D eigenvalue weighted by Gasteiger charge is 2.50. The van der Waals surface area contributed by atoms with Gasteiger partial charge in [-0.1, -0.05) is 20.8 Å². The maximum atomic E-state index is 11.4. The molecule has 1 rings (SSSR count). The Morgan fingerprint density at radius 3 is 2.00 bits per heavy atom.